The van der Waals surface area contributed by atoms with E-state index in [1.165, 1.54) is 89.2 Å². The van der Waals surface area contributed by atoms with Crippen LogP contribution in [0, 0.1) is 23.5 Å². The van der Waals surface area contributed by atoms with Crippen molar-refractivity contribution in [3.63, 3.8) is 0 Å². The van der Waals surface area contributed by atoms with Crippen molar-refractivity contribution in [3.8, 4) is 11.5 Å². The second-order valence-electron chi connectivity index (χ2n) is 17.4. The Bertz CT molecular complexity index is 1630. The number of phenolic OH excluding ortho intramolecular Hbond substituents is 2. The number of benzene rings is 2. The number of unbranched alkanes of at least 4 members (excludes halogenated alkanes) is 16. The lowest BCUT2D eigenvalue weighted by molar-refractivity contribution is 0.0973. The molecule has 6 unspecified atom stereocenters. The number of aliphatic hydroxyl groups is 4. The number of anilines is 2. The number of hydrogen-bond donors (Lipinski definition) is 8. The number of aromatic hydroxyl groups is 2. The molecule has 1 aliphatic rings. The van der Waals surface area contributed by atoms with Gasteiger partial charge >= 0.3 is 0 Å². The molecular formula is C50H76F2N2O8. The summed E-state index contributed by atoms with van der Waals surface area (Å²) < 4.78 is 32.8. The van der Waals surface area contributed by atoms with Gasteiger partial charge in [0.05, 0.1) is 71.1 Å². The highest BCUT2D eigenvalue weighted by Gasteiger charge is 2.42. The standard InChI is InChI=1S/C50H76F2N2O8/c1-5-7-9-11-13-15-17-19-21-23-33(3)25-27-37(57)35(31-55)53-47-43-44(50(62)42-40(60)30-29-39(59)41(42)49(43)61)48(46(52)45(47)51)54-36(32-56)38(58)28-26-34(4)24-22-20-18-16-14-12-10-8-6-2/h25-30,33-38,53-60H,5-24,31-32H2,1-4H3/b27-25+,28-26+. The van der Waals surface area contributed by atoms with Gasteiger partial charge in [-0.05, 0) is 36.8 Å². The van der Waals surface area contributed by atoms with Crippen LogP contribution in [0.15, 0.2) is 36.4 Å². The summed E-state index contributed by atoms with van der Waals surface area (Å²) in [6, 6.07) is -0.781. The summed E-state index contributed by atoms with van der Waals surface area (Å²) in [6.45, 7) is 6.80. The van der Waals surface area contributed by atoms with E-state index >= 15 is 8.78 Å². The lowest BCUT2D eigenvalue weighted by Gasteiger charge is -2.30. The number of phenols is 2. The van der Waals surface area contributed by atoms with Gasteiger partial charge in [-0.2, -0.15) is 0 Å². The van der Waals surface area contributed by atoms with Crippen LogP contribution in [0.2, 0.25) is 0 Å². The Balaban J connectivity index is 1.82. The number of carbonyl (C=O) groups excluding carboxylic acids is 2. The number of rotatable bonds is 32. The fraction of sp³-hybridized carbons (Fsp3) is 0.640. The summed E-state index contributed by atoms with van der Waals surface area (Å²) in [7, 11) is 0. The zero-order valence-corrected chi connectivity index (χ0v) is 37.7. The number of nitrogens with one attached hydrogen (secondary N) is 2. The summed E-state index contributed by atoms with van der Waals surface area (Å²) in [4.78, 5) is 28.4. The van der Waals surface area contributed by atoms with E-state index in [2.05, 4.69) is 24.5 Å². The average molecular weight is 871 g/mol. The Labute approximate surface area is 368 Å². The fourth-order valence-electron chi connectivity index (χ4n) is 8.18. The third-order valence-corrected chi connectivity index (χ3v) is 12.1. The minimum absolute atomic E-state index is 0.0693. The molecule has 0 saturated carbocycles. The van der Waals surface area contributed by atoms with Gasteiger partial charge in [-0.1, -0.05) is 168 Å². The van der Waals surface area contributed by atoms with Crippen molar-refractivity contribution in [2.24, 2.45) is 11.8 Å². The predicted octanol–water partition coefficient (Wildman–Crippen LogP) is 10.6. The first-order valence-corrected chi connectivity index (χ1v) is 23.5. The van der Waals surface area contributed by atoms with E-state index in [1.807, 2.05) is 13.8 Å². The number of carbonyl (C=O) groups is 2. The van der Waals surface area contributed by atoms with Crippen molar-refractivity contribution in [1.29, 1.82) is 0 Å². The van der Waals surface area contributed by atoms with Crippen molar-refractivity contribution in [2.75, 3.05) is 23.8 Å². The molecule has 0 radical (unpaired) electrons. The van der Waals surface area contributed by atoms with Crippen molar-refractivity contribution < 1.29 is 49.0 Å². The van der Waals surface area contributed by atoms with Crippen molar-refractivity contribution in [3.05, 3.63) is 70.3 Å². The molecule has 1 aliphatic carbocycles. The largest absolute Gasteiger partial charge is 0.507 e. The maximum Gasteiger partial charge on any atom is 0.200 e. The van der Waals surface area contributed by atoms with Crippen LogP contribution in [0.5, 0.6) is 11.5 Å². The number of fused-ring (bicyclic) bond motifs is 2. The maximum atomic E-state index is 16.4. The molecule has 0 aliphatic heterocycles. The maximum absolute atomic E-state index is 16.4. The fourth-order valence-corrected chi connectivity index (χ4v) is 8.18. The molecule has 0 bridgehead atoms. The number of hydrogen-bond acceptors (Lipinski definition) is 10. The topological polar surface area (TPSA) is 180 Å². The van der Waals surface area contributed by atoms with Crippen molar-refractivity contribution >= 4 is 22.9 Å². The lowest BCUT2D eigenvalue weighted by atomic mass is 9.80. The minimum atomic E-state index is -1.65. The quantitative estimate of drug-likeness (QED) is 0.0171. The van der Waals surface area contributed by atoms with Crippen LogP contribution >= 0.6 is 0 Å². The van der Waals surface area contributed by atoms with E-state index in [0.29, 0.717) is 0 Å². The van der Waals surface area contributed by atoms with Crippen molar-refractivity contribution in [2.45, 2.75) is 180 Å². The van der Waals surface area contributed by atoms with E-state index in [4.69, 9.17) is 0 Å². The Morgan fingerprint density at radius 3 is 1.13 bits per heavy atom. The van der Waals surface area contributed by atoms with Crippen molar-refractivity contribution in [1.82, 2.24) is 0 Å². The third kappa shape index (κ3) is 15.5. The summed E-state index contributed by atoms with van der Waals surface area (Å²) in [5.41, 5.74) is -4.44. The van der Waals surface area contributed by atoms with Gasteiger partial charge in [0.25, 0.3) is 0 Å². The van der Waals surface area contributed by atoms with Crippen LogP contribution in [0.4, 0.5) is 20.2 Å². The summed E-state index contributed by atoms with van der Waals surface area (Å²) in [5.74, 6) is -6.84. The first-order valence-electron chi connectivity index (χ1n) is 23.5. The van der Waals surface area contributed by atoms with Gasteiger partial charge in [0.1, 0.15) is 11.5 Å². The number of ketones is 2. The van der Waals surface area contributed by atoms with Crippen LogP contribution < -0.4 is 10.6 Å². The second kappa shape index (κ2) is 28.1. The molecule has 8 N–H and O–H groups in total. The summed E-state index contributed by atoms with van der Waals surface area (Å²) in [5, 5.41) is 69.4. The predicted molar refractivity (Wildman–Crippen MR) is 244 cm³/mol. The number of aliphatic hydroxyl groups excluding tert-OH is 4. The van der Waals surface area contributed by atoms with Gasteiger partial charge in [-0.3, -0.25) is 9.59 Å². The molecule has 0 spiro atoms. The lowest BCUT2D eigenvalue weighted by Crippen LogP contribution is -2.39. The SMILES string of the molecule is CCCCCCCCCCCC(C)/C=C/C(O)C(CO)Nc1c(F)c(F)c(NC(CO)C(O)/C=C/C(C)CCCCCCCCCCC)c2c1C(=O)c1c(O)ccc(O)c1C2=O. The van der Waals surface area contributed by atoms with Crippen LogP contribution in [-0.2, 0) is 0 Å². The van der Waals surface area contributed by atoms with E-state index in [1.54, 1.807) is 12.2 Å². The van der Waals surface area contributed by atoms with Gasteiger partial charge in [0, 0.05) is 0 Å². The van der Waals surface area contributed by atoms with Gasteiger partial charge in [-0.15, -0.1) is 0 Å². The molecule has 0 saturated heterocycles. The first kappa shape index (κ1) is 52.5. The summed E-state index contributed by atoms with van der Waals surface area (Å²) in [6.07, 6.45) is 26.7. The molecule has 6 atom stereocenters. The van der Waals surface area contributed by atoms with Gasteiger partial charge in [0.15, 0.2) is 11.6 Å². The molecule has 2 aromatic carbocycles. The van der Waals surface area contributed by atoms with E-state index in [0.717, 1.165) is 63.5 Å². The molecule has 0 aromatic heterocycles. The van der Waals surface area contributed by atoms with Gasteiger partial charge in [0.2, 0.25) is 11.6 Å². The Kier molecular flexibility index (Phi) is 23.8. The Morgan fingerprint density at radius 2 is 0.823 bits per heavy atom. The number of allylic oxidation sites excluding steroid dienone is 2. The van der Waals surface area contributed by atoms with Crippen LogP contribution in [-0.4, -0.2) is 79.7 Å². The molecule has 3 rings (SSSR count). The highest BCUT2D eigenvalue weighted by atomic mass is 19.2. The highest BCUT2D eigenvalue weighted by Crippen LogP contribution is 2.45. The van der Waals surface area contributed by atoms with Gasteiger partial charge < -0.3 is 41.3 Å². The average Bonchev–Trinajstić information content (AvgIpc) is 3.26. The Hall–Kier alpha value is -3.84. The number of halogens is 2. The van der Waals surface area contributed by atoms with E-state index in [-0.39, 0.29) is 11.8 Å². The molecule has 0 heterocycles. The first-order chi connectivity index (χ1) is 29.8. The molecule has 2 aromatic rings. The van der Waals surface area contributed by atoms with Crippen LogP contribution in [0.25, 0.3) is 0 Å². The van der Waals surface area contributed by atoms with Gasteiger partial charge in [-0.25, -0.2) is 8.78 Å². The van der Waals surface area contributed by atoms with Crippen LogP contribution in [0.3, 0.4) is 0 Å². The molecule has 10 nitrogen and oxygen atoms in total. The van der Waals surface area contributed by atoms with E-state index in [9.17, 15) is 40.2 Å². The smallest absolute Gasteiger partial charge is 0.200 e. The second-order valence-corrected chi connectivity index (χ2v) is 17.4. The molecule has 0 amide bonds. The summed E-state index contributed by atoms with van der Waals surface area (Å²) >= 11 is 0. The third-order valence-electron chi connectivity index (χ3n) is 12.1. The Morgan fingerprint density at radius 1 is 0.516 bits per heavy atom. The van der Waals surface area contributed by atoms with Crippen LogP contribution in [0.1, 0.15) is 188 Å². The molecule has 62 heavy (non-hydrogen) atoms. The highest BCUT2D eigenvalue weighted by molar-refractivity contribution is 6.33. The molecule has 348 valence electrons. The zero-order valence-electron chi connectivity index (χ0n) is 37.7. The normalized spacial score (nSPS) is 15.7. The molecule has 0 fully saturated rings. The monoisotopic (exact) mass is 871 g/mol. The molecular weight excluding hydrogens is 795 g/mol. The molecule has 12 heteroatoms. The van der Waals surface area contributed by atoms with E-state index < -0.39 is 106 Å². The minimum Gasteiger partial charge on any atom is -0.507 e. The zero-order chi connectivity index (χ0) is 45.6.